The van der Waals surface area contributed by atoms with Crippen molar-refractivity contribution in [3.05, 3.63) is 41.7 Å². The van der Waals surface area contributed by atoms with E-state index in [2.05, 4.69) is 20.7 Å². The summed E-state index contributed by atoms with van der Waals surface area (Å²) in [5.74, 6) is -0.932. The van der Waals surface area contributed by atoms with Crippen LogP contribution >= 0.6 is 0 Å². The van der Waals surface area contributed by atoms with Crippen LogP contribution in [0.15, 0.2) is 35.4 Å². The lowest BCUT2D eigenvalue weighted by molar-refractivity contribution is -0.121. The molecule has 1 aliphatic rings. The van der Waals surface area contributed by atoms with Crippen LogP contribution in [-0.4, -0.2) is 53.0 Å². The van der Waals surface area contributed by atoms with E-state index >= 15 is 0 Å². The van der Waals surface area contributed by atoms with Crippen LogP contribution in [0, 0.1) is 0 Å². The summed E-state index contributed by atoms with van der Waals surface area (Å²) >= 11 is 0. The summed E-state index contributed by atoms with van der Waals surface area (Å²) in [6.07, 6.45) is 1.96. The van der Waals surface area contributed by atoms with Crippen LogP contribution in [0.3, 0.4) is 0 Å². The van der Waals surface area contributed by atoms with E-state index in [9.17, 15) is 18.0 Å². The van der Waals surface area contributed by atoms with E-state index in [1.54, 1.807) is 18.3 Å². The number of H-pyrrole nitrogens is 1. The summed E-state index contributed by atoms with van der Waals surface area (Å²) in [6.45, 7) is 0.165. The molecule has 10 heteroatoms. The Morgan fingerprint density at radius 3 is 2.79 bits per heavy atom. The Hall–Kier alpha value is -2.75. The third-order valence-electron chi connectivity index (χ3n) is 3.62. The van der Waals surface area contributed by atoms with Crippen molar-refractivity contribution in [2.75, 3.05) is 13.1 Å². The van der Waals surface area contributed by atoms with E-state index in [-0.39, 0.29) is 29.3 Å². The second-order valence-electron chi connectivity index (χ2n) is 5.19. The van der Waals surface area contributed by atoms with Crippen molar-refractivity contribution in [1.29, 1.82) is 0 Å². The van der Waals surface area contributed by atoms with Crippen LogP contribution < -0.4 is 5.32 Å². The fraction of sp³-hybridized carbons (Fsp3) is 0.286. The predicted molar refractivity (Wildman–Crippen MR) is 82.4 cm³/mol. The van der Waals surface area contributed by atoms with E-state index in [1.165, 1.54) is 12.1 Å². The second kappa shape index (κ2) is 6.40. The van der Waals surface area contributed by atoms with Gasteiger partial charge >= 0.3 is 0 Å². The number of rotatable bonds is 6. The maximum atomic E-state index is 12.3. The summed E-state index contributed by atoms with van der Waals surface area (Å²) in [5.41, 5.74) is 0.854. The van der Waals surface area contributed by atoms with Crippen LogP contribution in [0.2, 0.25) is 0 Å². The average molecular weight is 349 g/mol. The Morgan fingerprint density at radius 2 is 2.08 bits per heavy atom. The van der Waals surface area contributed by atoms with Gasteiger partial charge in [-0.2, -0.15) is 15.4 Å². The highest BCUT2D eigenvalue weighted by molar-refractivity contribution is 7.90. The molecule has 1 aromatic carbocycles. The lowest BCUT2D eigenvalue weighted by Gasteiger charge is -2.14. The van der Waals surface area contributed by atoms with Gasteiger partial charge in [-0.25, -0.2) is 12.7 Å². The fourth-order valence-electron chi connectivity index (χ4n) is 2.42. The fourth-order valence-corrected chi connectivity index (χ4v) is 3.99. The number of nitrogens with one attached hydrogen (secondary N) is 2. The Balaban J connectivity index is 1.55. The number of sulfonamides is 1. The highest BCUT2D eigenvalue weighted by Crippen LogP contribution is 2.29. The molecule has 0 radical (unpaired) electrons. The van der Waals surface area contributed by atoms with Gasteiger partial charge in [-0.05, 0) is 12.1 Å². The van der Waals surface area contributed by atoms with Gasteiger partial charge in [0.05, 0.1) is 17.5 Å². The molecule has 2 heterocycles. The number of hydrogen-bond acceptors (Lipinski definition) is 6. The maximum Gasteiger partial charge on any atom is 0.269 e. The van der Waals surface area contributed by atoms with Crippen LogP contribution in [0.1, 0.15) is 22.5 Å². The van der Waals surface area contributed by atoms with Crippen molar-refractivity contribution in [2.45, 2.75) is 17.7 Å². The molecule has 0 fully saturated rings. The molecular weight excluding hydrogens is 334 g/mol. The molecule has 1 aromatic heterocycles. The van der Waals surface area contributed by atoms with Gasteiger partial charge in [0.1, 0.15) is 4.90 Å². The van der Waals surface area contributed by atoms with Gasteiger partial charge in [-0.3, -0.25) is 9.59 Å². The number of fused-ring (bicyclic) bond motifs is 1. The van der Waals surface area contributed by atoms with E-state index in [4.69, 9.17) is 0 Å². The SMILES string of the molecule is O=C(CCN1C(=O)c2ccccc2S1(=O)=O)NCCc1cn[nH]n1. The van der Waals surface area contributed by atoms with Gasteiger partial charge in [-0.1, -0.05) is 12.1 Å². The zero-order valence-electron chi connectivity index (χ0n) is 12.6. The number of benzene rings is 1. The van der Waals surface area contributed by atoms with Gasteiger partial charge in [0, 0.05) is 25.9 Å². The van der Waals surface area contributed by atoms with Crippen LogP contribution in [0.5, 0.6) is 0 Å². The smallest absolute Gasteiger partial charge is 0.269 e. The number of hydrogen-bond donors (Lipinski definition) is 2. The first-order valence-electron chi connectivity index (χ1n) is 7.27. The quantitative estimate of drug-likeness (QED) is 0.737. The Morgan fingerprint density at radius 1 is 1.29 bits per heavy atom. The minimum absolute atomic E-state index is 0.0126. The number of aromatic amines is 1. The molecule has 0 aliphatic carbocycles. The molecule has 2 amide bonds. The number of amides is 2. The largest absolute Gasteiger partial charge is 0.356 e. The molecule has 0 spiro atoms. The molecule has 2 N–H and O–H groups in total. The number of carbonyl (C=O) groups excluding carboxylic acids is 2. The molecule has 24 heavy (non-hydrogen) atoms. The molecule has 0 saturated heterocycles. The van der Waals surface area contributed by atoms with Gasteiger partial charge in [0.25, 0.3) is 15.9 Å². The zero-order valence-corrected chi connectivity index (χ0v) is 13.4. The maximum absolute atomic E-state index is 12.3. The Bertz CT molecular complexity index is 863. The van der Waals surface area contributed by atoms with Crippen molar-refractivity contribution in [2.24, 2.45) is 0 Å². The summed E-state index contributed by atoms with van der Waals surface area (Å²) < 4.78 is 25.4. The molecule has 0 saturated carbocycles. The van der Waals surface area contributed by atoms with Crippen molar-refractivity contribution in [3.8, 4) is 0 Å². The zero-order chi connectivity index (χ0) is 17.2. The topological polar surface area (TPSA) is 125 Å². The third kappa shape index (κ3) is 3.00. The molecule has 126 valence electrons. The standard InChI is InChI=1S/C14H15N5O4S/c20-13(15-7-5-10-9-16-18-17-10)6-8-19-14(21)11-3-1-2-4-12(11)24(19,22)23/h1-4,9H,5-8H2,(H,15,20)(H,16,17,18). The summed E-state index contributed by atoms with van der Waals surface area (Å²) in [5, 5.41) is 12.6. The second-order valence-corrected chi connectivity index (χ2v) is 7.02. The summed E-state index contributed by atoms with van der Waals surface area (Å²) in [6, 6.07) is 6.02. The van der Waals surface area contributed by atoms with E-state index < -0.39 is 15.9 Å². The molecule has 3 rings (SSSR count). The van der Waals surface area contributed by atoms with Crippen LogP contribution in [-0.2, 0) is 21.2 Å². The first-order chi connectivity index (χ1) is 11.5. The molecule has 1 aliphatic heterocycles. The van der Waals surface area contributed by atoms with Crippen molar-refractivity contribution < 1.29 is 18.0 Å². The van der Waals surface area contributed by atoms with E-state index in [0.717, 1.165) is 4.31 Å². The molecule has 9 nitrogen and oxygen atoms in total. The molecule has 2 aromatic rings. The molecule has 0 atom stereocenters. The molecule has 0 unspecified atom stereocenters. The first kappa shape index (κ1) is 16.1. The van der Waals surface area contributed by atoms with Crippen molar-refractivity contribution in [1.82, 2.24) is 25.0 Å². The first-order valence-corrected chi connectivity index (χ1v) is 8.71. The minimum atomic E-state index is -3.87. The highest BCUT2D eigenvalue weighted by atomic mass is 32.2. The lowest BCUT2D eigenvalue weighted by Crippen LogP contribution is -2.35. The van der Waals surface area contributed by atoms with Crippen molar-refractivity contribution >= 4 is 21.8 Å². The molecular formula is C14H15N5O4S. The highest BCUT2D eigenvalue weighted by Gasteiger charge is 2.40. The minimum Gasteiger partial charge on any atom is -0.356 e. The van der Waals surface area contributed by atoms with Gasteiger partial charge in [-0.15, -0.1) is 0 Å². The van der Waals surface area contributed by atoms with Gasteiger partial charge < -0.3 is 5.32 Å². The summed E-state index contributed by atoms with van der Waals surface area (Å²) in [7, 11) is -3.87. The van der Waals surface area contributed by atoms with Gasteiger partial charge in [0.2, 0.25) is 5.91 Å². The van der Waals surface area contributed by atoms with E-state index in [0.29, 0.717) is 18.7 Å². The lowest BCUT2D eigenvalue weighted by atomic mass is 10.2. The number of carbonyl (C=O) groups is 2. The van der Waals surface area contributed by atoms with Crippen molar-refractivity contribution in [3.63, 3.8) is 0 Å². The number of aromatic nitrogens is 3. The predicted octanol–water partition coefficient (Wildman–Crippen LogP) is -0.302. The summed E-state index contributed by atoms with van der Waals surface area (Å²) in [4.78, 5) is 24.0. The monoisotopic (exact) mass is 349 g/mol. The number of nitrogens with zero attached hydrogens (tertiary/aromatic N) is 3. The van der Waals surface area contributed by atoms with Crippen LogP contribution in [0.25, 0.3) is 0 Å². The van der Waals surface area contributed by atoms with E-state index in [1.807, 2.05) is 0 Å². The molecule has 0 bridgehead atoms. The van der Waals surface area contributed by atoms with Crippen LogP contribution in [0.4, 0.5) is 0 Å². The third-order valence-corrected chi connectivity index (χ3v) is 5.46. The Kier molecular flexibility index (Phi) is 4.30. The normalized spacial score (nSPS) is 15.3. The average Bonchev–Trinajstić information content (AvgIpc) is 3.13. The van der Waals surface area contributed by atoms with Gasteiger partial charge in [0.15, 0.2) is 0 Å². The Labute approximate surface area is 138 Å².